The van der Waals surface area contributed by atoms with Gasteiger partial charge in [0.25, 0.3) is 0 Å². The summed E-state index contributed by atoms with van der Waals surface area (Å²) < 4.78 is 11.2. The van der Waals surface area contributed by atoms with Crippen molar-refractivity contribution in [3.8, 4) is 0 Å². The Morgan fingerprint density at radius 1 is 0.407 bits per heavy atom. The van der Waals surface area contributed by atoms with Crippen LogP contribution in [0.15, 0.2) is 24.3 Å². The van der Waals surface area contributed by atoms with Gasteiger partial charge in [0.2, 0.25) is 5.91 Å². The van der Waals surface area contributed by atoms with Crippen molar-refractivity contribution in [2.45, 2.75) is 435 Å². The van der Waals surface area contributed by atoms with Gasteiger partial charge in [-0.25, -0.2) is 0 Å². The molecule has 9 unspecified atom stereocenters. The summed E-state index contributed by atoms with van der Waals surface area (Å²) in [7, 11) is 0. The van der Waals surface area contributed by atoms with Crippen molar-refractivity contribution in [3.63, 3.8) is 0 Å². The van der Waals surface area contributed by atoms with Crippen molar-refractivity contribution in [1.82, 2.24) is 5.32 Å². The van der Waals surface area contributed by atoms with E-state index in [1.54, 1.807) is 0 Å². The molecule has 0 saturated carbocycles. The first-order valence-corrected chi connectivity index (χ1v) is 37.7. The number of carbonyl (C=O) groups excluding carboxylic acids is 1. The summed E-state index contributed by atoms with van der Waals surface area (Å²) in [5.41, 5.74) is 0. The van der Waals surface area contributed by atoms with Crippen LogP contribution in [0.4, 0.5) is 0 Å². The molecule has 1 heterocycles. The fourth-order valence-corrected chi connectivity index (χ4v) is 12.5. The summed E-state index contributed by atoms with van der Waals surface area (Å²) in [4.78, 5) is 13.3. The van der Waals surface area contributed by atoms with Crippen LogP contribution in [0.5, 0.6) is 0 Å². The van der Waals surface area contributed by atoms with Crippen LogP contribution in [0.2, 0.25) is 0 Å². The maximum Gasteiger partial charge on any atom is 0.249 e. The molecule has 1 rings (SSSR count). The number of carbonyl (C=O) groups is 1. The third-order valence-corrected chi connectivity index (χ3v) is 18.5. The molecule has 1 amide bonds. The molecule has 510 valence electrons. The normalized spacial score (nSPS) is 18.8. The molecule has 86 heavy (non-hydrogen) atoms. The molecular weight excluding hydrogens is 1070 g/mol. The van der Waals surface area contributed by atoms with E-state index in [2.05, 4.69) is 43.5 Å². The van der Waals surface area contributed by atoms with E-state index in [0.717, 1.165) is 44.9 Å². The van der Waals surface area contributed by atoms with Gasteiger partial charge in [0.1, 0.15) is 36.6 Å². The van der Waals surface area contributed by atoms with Crippen molar-refractivity contribution >= 4 is 5.91 Å². The van der Waals surface area contributed by atoms with E-state index >= 15 is 0 Å². The predicted molar refractivity (Wildman–Crippen MR) is 362 cm³/mol. The summed E-state index contributed by atoms with van der Waals surface area (Å²) in [6, 6.07) is -1.17. The van der Waals surface area contributed by atoms with E-state index in [1.165, 1.54) is 295 Å². The summed E-state index contributed by atoms with van der Waals surface area (Å²) in [5.74, 6) is -0.691. The van der Waals surface area contributed by atoms with Crippen LogP contribution >= 0.6 is 0 Å². The molecule has 0 radical (unpaired) electrons. The number of aliphatic hydroxyl groups is 7. The van der Waals surface area contributed by atoms with Crippen LogP contribution < -0.4 is 5.32 Å². The van der Waals surface area contributed by atoms with Gasteiger partial charge < -0.3 is 50.5 Å². The Balaban J connectivity index is 2.16. The van der Waals surface area contributed by atoms with Gasteiger partial charge in [-0.05, 0) is 44.9 Å². The number of hydrogen-bond acceptors (Lipinski definition) is 10. The van der Waals surface area contributed by atoms with E-state index in [-0.39, 0.29) is 6.42 Å². The average molecular weight is 1220 g/mol. The van der Waals surface area contributed by atoms with E-state index < -0.39 is 74.2 Å². The zero-order valence-electron chi connectivity index (χ0n) is 56.6. The molecule has 0 aromatic rings. The lowest BCUT2D eigenvalue weighted by Gasteiger charge is -2.40. The quantitative estimate of drug-likeness (QED) is 0.0215. The molecule has 1 fully saturated rings. The second-order valence-corrected chi connectivity index (χ2v) is 26.7. The minimum absolute atomic E-state index is 0.261. The molecule has 1 aliphatic heterocycles. The van der Waals surface area contributed by atoms with Gasteiger partial charge in [-0.1, -0.05) is 359 Å². The lowest BCUT2D eigenvalue weighted by molar-refractivity contribution is -0.303. The van der Waals surface area contributed by atoms with Gasteiger partial charge in [0.15, 0.2) is 6.29 Å². The first-order valence-electron chi connectivity index (χ1n) is 37.7. The van der Waals surface area contributed by atoms with E-state index in [4.69, 9.17) is 9.47 Å². The molecule has 0 bridgehead atoms. The third-order valence-electron chi connectivity index (χ3n) is 18.5. The highest BCUT2D eigenvalue weighted by molar-refractivity contribution is 5.80. The highest BCUT2D eigenvalue weighted by Gasteiger charge is 2.44. The number of nitrogens with one attached hydrogen (secondary N) is 1. The van der Waals surface area contributed by atoms with Crippen LogP contribution in [-0.2, 0) is 14.3 Å². The predicted octanol–water partition coefficient (Wildman–Crippen LogP) is 18.8. The minimum atomic E-state index is -1.66. The van der Waals surface area contributed by atoms with Gasteiger partial charge in [-0.3, -0.25) is 4.79 Å². The zero-order valence-corrected chi connectivity index (χ0v) is 56.6. The van der Waals surface area contributed by atoms with Gasteiger partial charge >= 0.3 is 0 Å². The maximum atomic E-state index is 13.3. The fraction of sp³-hybridized carbons (Fsp3) is 0.933. The monoisotopic (exact) mass is 1220 g/mol. The Morgan fingerprint density at radius 3 is 1.03 bits per heavy atom. The second kappa shape index (κ2) is 63.7. The number of amides is 1. The molecule has 8 N–H and O–H groups in total. The largest absolute Gasteiger partial charge is 0.394 e. The minimum Gasteiger partial charge on any atom is -0.394 e. The second-order valence-electron chi connectivity index (χ2n) is 26.7. The Labute approximate surface area is 531 Å². The SMILES string of the molecule is CCCCCCCCCCC/C=C\C/C=C\CCCCCCCCCCCCCCC(O)C(=O)NC(COC1OC(CO)C(O)C(O)C1O)C(O)C(O)CCCCCCCCCCCCCCCCCCCCCCCCCCCCCCCCC. The smallest absolute Gasteiger partial charge is 0.249 e. The molecule has 0 aliphatic carbocycles. The number of unbranched alkanes of at least 4 members (excludes halogenated alkanes) is 51. The number of hydrogen-bond donors (Lipinski definition) is 8. The Kier molecular flexibility index (Phi) is 61.2. The topological polar surface area (TPSA) is 189 Å². The Hall–Kier alpha value is -1.41. The molecule has 0 aromatic heterocycles. The average Bonchev–Trinajstić information content (AvgIpc) is 2.54. The lowest BCUT2D eigenvalue weighted by Crippen LogP contribution is -2.60. The van der Waals surface area contributed by atoms with Crippen molar-refractivity contribution in [2.75, 3.05) is 13.2 Å². The van der Waals surface area contributed by atoms with Gasteiger partial charge in [-0.2, -0.15) is 0 Å². The van der Waals surface area contributed by atoms with E-state index in [9.17, 15) is 40.5 Å². The molecule has 0 aromatic carbocycles. The van der Waals surface area contributed by atoms with Crippen LogP contribution in [0.1, 0.15) is 380 Å². The Morgan fingerprint density at radius 2 is 0.709 bits per heavy atom. The van der Waals surface area contributed by atoms with Crippen molar-refractivity contribution in [3.05, 3.63) is 24.3 Å². The molecule has 0 spiro atoms. The van der Waals surface area contributed by atoms with Crippen LogP contribution in [0, 0.1) is 0 Å². The number of allylic oxidation sites excluding steroid dienone is 4. The number of aliphatic hydroxyl groups excluding tert-OH is 7. The maximum absolute atomic E-state index is 13.3. The summed E-state index contributed by atoms with van der Waals surface area (Å²) in [6.07, 6.45) is 69.8. The van der Waals surface area contributed by atoms with E-state index in [0.29, 0.717) is 19.3 Å². The fourth-order valence-electron chi connectivity index (χ4n) is 12.5. The number of ether oxygens (including phenoxy) is 2. The molecule has 11 heteroatoms. The van der Waals surface area contributed by atoms with Gasteiger partial charge in [0.05, 0.1) is 25.4 Å². The van der Waals surface area contributed by atoms with E-state index in [1.807, 2.05) is 0 Å². The summed E-state index contributed by atoms with van der Waals surface area (Å²) in [6.45, 7) is 3.52. The van der Waals surface area contributed by atoms with Gasteiger partial charge in [0, 0.05) is 0 Å². The first-order chi connectivity index (χ1) is 42.2. The zero-order chi connectivity index (χ0) is 62.4. The Bertz CT molecular complexity index is 1450. The summed E-state index contributed by atoms with van der Waals surface area (Å²) in [5, 5.41) is 76.7. The highest BCUT2D eigenvalue weighted by Crippen LogP contribution is 2.24. The van der Waals surface area contributed by atoms with Crippen molar-refractivity contribution in [1.29, 1.82) is 0 Å². The van der Waals surface area contributed by atoms with Crippen LogP contribution in [-0.4, -0.2) is 110 Å². The van der Waals surface area contributed by atoms with Crippen molar-refractivity contribution in [2.24, 2.45) is 0 Å². The molecule has 1 saturated heterocycles. The molecule has 1 aliphatic rings. The van der Waals surface area contributed by atoms with Gasteiger partial charge in [-0.15, -0.1) is 0 Å². The number of rotatable bonds is 67. The first kappa shape index (κ1) is 82.6. The van der Waals surface area contributed by atoms with Crippen LogP contribution in [0.25, 0.3) is 0 Å². The highest BCUT2D eigenvalue weighted by atomic mass is 16.7. The third kappa shape index (κ3) is 50.3. The lowest BCUT2D eigenvalue weighted by atomic mass is 9.98. The van der Waals surface area contributed by atoms with Crippen molar-refractivity contribution < 1.29 is 50.0 Å². The molecule has 9 atom stereocenters. The molecular formula is C75H145NO10. The summed E-state index contributed by atoms with van der Waals surface area (Å²) >= 11 is 0. The standard InChI is InChI=1S/C75H145NO10/c1-3-5-7-9-11-13-15-17-19-21-23-25-27-29-31-33-34-35-37-38-40-42-44-46-48-50-52-54-56-58-60-62-67(78)70(80)66(65-85-75-73(83)72(82)71(81)69(64-77)86-75)76-74(84)68(79)63-61-59-57-55-53-51-49-47-45-43-41-39-36-32-30-28-26-24-22-20-18-16-14-12-10-8-6-4-2/h24,26,30,32,66-73,75,77-83H,3-23,25,27-29,31,33-65H2,1-2H3,(H,76,84)/b26-24-,32-30-. The molecule has 11 nitrogen and oxygen atoms in total. The van der Waals surface area contributed by atoms with Crippen LogP contribution in [0.3, 0.4) is 0 Å².